The monoisotopic (exact) mass is 306 g/mol. The lowest BCUT2D eigenvalue weighted by atomic mass is 9.93. The molecule has 21 heavy (non-hydrogen) atoms. The summed E-state index contributed by atoms with van der Waals surface area (Å²) in [7, 11) is 0. The minimum atomic E-state index is 0.103. The van der Waals surface area contributed by atoms with Gasteiger partial charge in [0.2, 0.25) is 0 Å². The Labute approximate surface area is 130 Å². The number of rotatable bonds is 3. The molecule has 2 aliphatic rings. The molecule has 3 rings (SSSR count). The SMILES string of the molecule is CC(C)Oc1ccc(NC2=NC3(CCOCC3)CS2)cc1. The molecule has 0 saturated carbocycles. The van der Waals surface area contributed by atoms with Crippen molar-refractivity contribution in [2.45, 2.75) is 38.3 Å². The zero-order chi connectivity index (χ0) is 14.7. The summed E-state index contributed by atoms with van der Waals surface area (Å²) in [6, 6.07) is 8.06. The lowest BCUT2D eigenvalue weighted by Gasteiger charge is -2.29. The van der Waals surface area contributed by atoms with Crippen molar-refractivity contribution >= 4 is 22.6 Å². The number of aliphatic imine (C=N–C) groups is 1. The number of anilines is 1. The van der Waals surface area contributed by atoms with Crippen LogP contribution in [0.15, 0.2) is 29.3 Å². The molecule has 5 heteroatoms. The number of amidine groups is 1. The van der Waals surface area contributed by atoms with E-state index < -0.39 is 0 Å². The topological polar surface area (TPSA) is 42.8 Å². The van der Waals surface area contributed by atoms with Crippen LogP contribution in [-0.4, -0.2) is 35.8 Å². The van der Waals surface area contributed by atoms with Gasteiger partial charge >= 0.3 is 0 Å². The van der Waals surface area contributed by atoms with Crippen molar-refractivity contribution in [1.82, 2.24) is 0 Å². The van der Waals surface area contributed by atoms with Crippen molar-refractivity contribution in [1.29, 1.82) is 0 Å². The number of nitrogens with one attached hydrogen (secondary N) is 1. The van der Waals surface area contributed by atoms with Gasteiger partial charge in [-0.25, -0.2) is 0 Å². The molecule has 0 unspecified atom stereocenters. The van der Waals surface area contributed by atoms with E-state index in [2.05, 4.69) is 5.32 Å². The fourth-order valence-electron chi connectivity index (χ4n) is 2.57. The van der Waals surface area contributed by atoms with Crippen molar-refractivity contribution < 1.29 is 9.47 Å². The van der Waals surface area contributed by atoms with E-state index in [9.17, 15) is 0 Å². The van der Waals surface area contributed by atoms with Gasteiger partial charge in [0.15, 0.2) is 5.17 Å². The van der Waals surface area contributed by atoms with Gasteiger partial charge in [0.05, 0.1) is 11.6 Å². The van der Waals surface area contributed by atoms with E-state index in [-0.39, 0.29) is 11.6 Å². The van der Waals surface area contributed by atoms with Crippen LogP contribution >= 0.6 is 11.8 Å². The molecule has 1 spiro atoms. The maximum absolute atomic E-state index is 5.65. The average molecular weight is 306 g/mol. The fourth-order valence-corrected chi connectivity index (χ4v) is 3.77. The average Bonchev–Trinajstić information content (AvgIpc) is 2.84. The van der Waals surface area contributed by atoms with Crippen molar-refractivity contribution in [3.63, 3.8) is 0 Å². The quantitative estimate of drug-likeness (QED) is 0.927. The van der Waals surface area contributed by atoms with Crippen molar-refractivity contribution in [2.75, 3.05) is 24.3 Å². The van der Waals surface area contributed by atoms with E-state index in [1.807, 2.05) is 49.9 Å². The third kappa shape index (κ3) is 3.71. The van der Waals surface area contributed by atoms with Gasteiger partial charge in [0, 0.05) is 24.7 Å². The third-order valence-corrected chi connectivity index (χ3v) is 4.87. The molecule has 1 N–H and O–H groups in total. The standard InChI is InChI=1S/C16H22N2O2S/c1-12(2)20-14-5-3-13(4-6-14)17-15-18-16(11-21-15)7-9-19-10-8-16/h3-6,12H,7-11H2,1-2H3,(H,17,18). The number of ether oxygens (including phenoxy) is 2. The van der Waals surface area contributed by atoms with Gasteiger partial charge in [-0.3, -0.25) is 4.99 Å². The summed E-state index contributed by atoms with van der Waals surface area (Å²) in [5, 5.41) is 4.43. The Balaban J connectivity index is 1.63. The van der Waals surface area contributed by atoms with Crippen LogP contribution in [0, 0.1) is 0 Å². The predicted octanol–water partition coefficient (Wildman–Crippen LogP) is 3.54. The summed E-state index contributed by atoms with van der Waals surface area (Å²) in [5.74, 6) is 1.96. The van der Waals surface area contributed by atoms with E-state index in [1.54, 1.807) is 0 Å². The molecule has 4 nitrogen and oxygen atoms in total. The van der Waals surface area contributed by atoms with E-state index in [1.165, 1.54) is 0 Å². The second kappa shape index (κ2) is 6.28. The molecule has 0 atom stereocenters. The number of benzene rings is 1. The van der Waals surface area contributed by atoms with Crippen LogP contribution in [0.1, 0.15) is 26.7 Å². The number of nitrogens with zero attached hydrogens (tertiary/aromatic N) is 1. The molecule has 1 aromatic carbocycles. The van der Waals surface area contributed by atoms with Crippen LogP contribution < -0.4 is 10.1 Å². The van der Waals surface area contributed by atoms with Crippen LogP contribution in [0.5, 0.6) is 5.75 Å². The van der Waals surface area contributed by atoms with E-state index in [0.717, 1.165) is 48.4 Å². The van der Waals surface area contributed by atoms with Crippen LogP contribution in [-0.2, 0) is 4.74 Å². The number of hydrogen-bond donors (Lipinski definition) is 1. The van der Waals surface area contributed by atoms with Gasteiger partial charge in [-0.15, -0.1) is 0 Å². The fraction of sp³-hybridized carbons (Fsp3) is 0.562. The zero-order valence-corrected chi connectivity index (χ0v) is 13.4. The highest BCUT2D eigenvalue weighted by atomic mass is 32.2. The Morgan fingerprint density at radius 3 is 2.62 bits per heavy atom. The number of thioether (sulfide) groups is 1. The smallest absolute Gasteiger partial charge is 0.161 e. The highest BCUT2D eigenvalue weighted by Crippen LogP contribution is 2.36. The summed E-state index contributed by atoms with van der Waals surface area (Å²) in [6.45, 7) is 5.73. The van der Waals surface area contributed by atoms with Crippen molar-refractivity contribution in [3.8, 4) is 5.75 Å². The molecule has 0 aromatic heterocycles. The summed E-state index contributed by atoms with van der Waals surface area (Å²) < 4.78 is 11.1. The highest BCUT2D eigenvalue weighted by Gasteiger charge is 2.37. The van der Waals surface area contributed by atoms with Crippen LogP contribution in [0.4, 0.5) is 5.69 Å². The minimum absolute atomic E-state index is 0.103. The first-order chi connectivity index (χ1) is 10.2. The van der Waals surface area contributed by atoms with Crippen molar-refractivity contribution in [2.24, 2.45) is 4.99 Å². The Hall–Kier alpha value is -1.20. The van der Waals surface area contributed by atoms with Gasteiger partial charge in [-0.1, -0.05) is 11.8 Å². The molecular weight excluding hydrogens is 284 g/mol. The molecule has 0 amide bonds. The van der Waals surface area contributed by atoms with Crippen LogP contribution in [0.3, 0.4) is 0 Å². The minimum Gasteiger partial charge on any atom is -0.491 e. The molecular formula is C16H22N2O2S. The lowest BCUT2D eigenvalue weighted by Crippen LogP contribution is -2.34. The van der Waals surface area contributed by atoms with Gasteiger partial charge in [-0.05, 0) is 51.0 Å². The number of hydrogen-bond acceptors (Lipinski definition) is 5. The summed E-state index contributed by atoms with van der Waals surface area (Å²) in [5.41, 5.74) is 1.16. The first-order valence-electron chi connectivity index (χ1n) is 7.49. The normalized spacial score (nSPS) is 20.6. The third-order valence-electron chi connectivity index (χ3n) is 3.72. The summed E-state index contributed by atoms with van der Waals surface area (Å²) >= 11 is 1.81. The Morgan fingerprint density at radius 2 is 1.95 bits per heavy atom. The maximum Gasteiger partial charge on any atom is 0.161 e. The zero-order valence-electron chi connectivity index (χ0n) is 12.6. The molecule has 114 valence electrons. The van der Waals surface area contributed by atoms with Gasteiger partial charge in [-0.2, -0.15) is 0 Å². The molecule has 0 bridgehead atoms. The molecule has 0 radical (unpaired) electrons. The van der Waals surface area contributed by atoms with E-state index >= 15 is 0 Å². The van der Waals surface area contributed by atoms with Crippen LogP contribution in [0.2, 0.25) is 0 Å². The lowest BCUT2D eigenvalue weighted by molar-refractivity contribution is 0.0624. The first-order valence-corrected chi connectivity index (χ1v) is 8.48. The van der Waals surface area contributed by atoms with E-state index in [4.69, 9.17) is 14.5 Å². The summed E-state index contributed by atoms with van der Waals surface area (Å²) in [6.07, 6.45) is 2.27. The molecule has 1 fully saturated rings. The highest BCUT2D eigenvalue weighted by molar-refractivity contribution is 8.14. The largest absolute Gasteiger partial charge is 0.491 e. The second-order valence-corrected chi connectivity index (χ2v) is 6.82. The first kappa shape index (κ1) is 14.7. The molecule has 0 aliphatic carbocycles. The Kier molecular flexibility index (Phi) is 4.40. The molecule has 1 saturated heterocycles. The Morgan fingerprint density at radius 1 is 1.24 bits per heavy atom. The van der Waals surface area contributed by atoms with Crippen molar-refractivity contribution in [3.05, 3.63) is 24.3 Å². The molecule has 2 aliphatic heterocycles. The van der Waals surface area contributed by atoms with E-state index in [0.29, 0.717) is 0 Å². The predicted molar refractivity (Wildman–Crippen MR) is 88.5 cm³/mol. The van der Waals surface area contributed by atoms with Gasteiger partial charge in [0.25, 0.3) is 0 Å². The molecule has 1 aromatic rings. The summed E-state index contributed by atoms with van der Waals surface area (Å²) in [4.78, 5) is 4.90. The van der Waals surface area contributed by atoms with Gasteiger partial charge < -0.3 is 14.8 Å². The van der Waals surface area contributed by atoms with Crippen LogP contribution in [0.25, 0.3) is 0 Å². The maximum atomic E-state index is 5.65. The molecule has 2 heterocycles. The Bertz CT molecular complexity index is 508. The van der Waals surface area contributed by atoms with Gasteiger partial charge in [0.1, 0.15) is 5.75 Å². The second-order valence-electron chi connectivity index (χ2n) is 5.86.